The van der Waals surface area contributed by atoms with Gasteiger partial charge in [-0.1, -0.05) is 25.1 Å². The van der Waals surface area contributed by atoms with Crippen LogP contribution < -0.4 is 5.32 Å². The Labute approximate surface area is 121 Å². The van der Waals surface area contributed by atoms with Gasteiger partial charge in [-0.2, -0.15) is 0 Å². The van der Waals surface area contributed by atoms with Crippen molar-refractivity contribution in [2.45, 2.75) is 38.6 Å². The lowest BCUT2D eigenvalue weighted by atomic mass is 9.86. The Kier molecular flexibility index (Phi) is 5.99. The average molecular weight is 279 g/mol. The van der Waals surface area contributed by atoms with Crippen molar-refractivity contribution in [2.24, 2.45) is 11.8 Å². The molecule has 0 saturated heterocycles. The molecule has 0 radical (unpaired) electrons. The van der Waals surface area contributed by atoms with Gasteiger partial charge in [0.2, 0.25) is 0 Å². The minimum absolute atomic E-state index is 0.0807. The molecule has 1 aliphatic carbocycles. The Bertz CT molecular complexity index is 406. The molecule has 3 heteroatoms. The molecule has 2 unspecified atom stereocenters. The third-order valence-corrected chi connectivity index (χ3v) is 4.27. The van der Waals surface area contributed by atoms with Crippen molar-refractivity contribution in [3.63, 3.8) is 0 Å². The first-order chi connectivity index (χ1) is 9.70. The molecule has 112 valence electrons. The summed E-state index contributed by atoms with van der Waals surface area (Å²) in [6.45, 7) is 4.00. The van der Waals surface area contributed by atoms with Gasteiger partial charge in [0, 0.05) is 19.8 Å². The van der Waals surface area contributed by atoms with Crippen molar-refractivity contribution in [1.82, 2.24) is 5.32 Å². The highest BCUT2D eigenvalue weighted by Gasteiger charge is 2.24. The molecule has 0 aliphatic heterocycles. The first-order valence-electron chi connectivity index (χ1n) is 7.66. The number of ether oxygens (including phenoxy) is 1. The third-order valence-electron chi connectivity index (χ3n) is 4.27. The van der Waals surface area contributed by atoms with Crippen molar-refractivity contribution >= 4 is 0 Å². The Morgan fingerprint density at radius 1 is 1.35 bits per heavy atom. The Morgan fingerprint density at radius 3 is 2.75 bits per heavy atom. The van der Waals surface area contributed by atoms with Crippen LogP contribution in [0.15, 0.2) is 24.3 Å². The molecule has 0 aromatic heterocycles. The Morgan fingerprint density at radius 2 is 2.10 bits per heavy atom. The molecule has 1 N–H and O–H groups in total. The fourth-order valence-corrected chi connectivity index (χ4v) is 2.57. The number of halogens is 1. The van der Waals surface area contributed by atoms with E-state index in [9.17, 15) is 4.39 Å². The van der Waals surface area contributed by atoms with E-state index in [0.29, 0.717) is 17.9 Å². The highest BCUT2D eigenvalue weighted by Crippen LogP contribution is 2.24. The SMILES string of the molecule is COCCC(C)C(CNC1CC1)Cc1ccccc1F. The van der Waals surface area contributed by atoms with Gasteiger partial charge in [0.15, 0.2) is 0 Å². The van der Waals surface area contributed by atoms with E-state index >= 15 is 0 Å². The minimum Gasteiger partial charge on any atom is -0.385 e. The van der Waals surface area contributed by atoms with Gasteiger partial charge in [0.05, 0.1) is 0 Å². The van der Waals surface area contributed by atoms with Crippen molar-refractivity contribution in [2.75, 3.05) is 20.3 Å². The highest BCUT2D eigenvalue weighted by atomic mass is 19.1. The van der Waals surface area contributed by atoms with Crippen LogP contribution in [0.5, 0.6) is 0 Å². The molecule has 0 bridgehead atoms. The molecule has 1 aromatic carbocycles. The summed E-state index contributed by atoms with van der Waals surface area (Å²) in [5.41, 5.74) is 0.833. The van der Waals surface area contributed by atoms with Crippen LogP contribution in [0.1, 0.15) is 31.7 Å². The Hall–Kier alpha value is -0.930. The predicted octanol–water partition coefficient (Wildman–Crippen LogP) is 3.41. The van der Waals surface area contributed by atoms with E-state index in [-0.39, 0.29) is 5.82 Å². The van der Waals surface area contributed by atoms with Gasteiger partial charge < -0.3 is 10.1 Å². The van der Waals surface area contributed by atoms with Crippen LogP contribution in [0.2, 0.25) is 0 Å². The second kappa shape index (κ2) is 7.75. The molecule has 2 nitrogen and oxygen atoms in total. The maximum absolute atomic E-state index is 13.8. The summed E-state index contributed by atoms with van der Waals surface area (Å²) >= 11 is 0. The van der Waals surface area contributed by atoms with Crippen LogP contribution in [0.3, 0.4) is 0 Å². The largest absolute Gasteiger partial charge is 0.385 e. The first-order valence-corrected chi connectivity index (χ1v) is 7.66. The van der Waals surface area contributed by atoms with Crippen LogP contribution in [-0.4, -0.2) is 26.3 Å². The van der Waals surface area contributed by atoms with E-state index in [1.807, 2.05) is 12.1 Å². The second-order valence-corrected chi connectivity index (χ2v) is 6.00. The van der Waals surface area contributed by atoms with Crippen LogP contribution in [0, 0.1) is 17.7 Å². The fourth-order valence-electron chi connectivity index (χ4n) is 2.57. The molecule has 0 amide bonds. The lowest BCUT2D eigenvalue weighted by Crippen LogP contribution is -2.31. The average Bonchev–Trinajstić information content (AvgIpc) is 3.27. The highest BCUT2D eigenvalue weighted by molar-refractivity contribution is 5.18. The zero-order chi connectivity index (χ0) is 14.4. The summed E-state index contributed by atoms with van der Waals surface area (Å²) in [4.78, 5) is 0. The molecule has 1 aromatic rings. The fraction of sp³-hybridized carbons (Fsp3) is 0.647. The van der Waals surface area contributed by atoms with E-state index in [4.69, 9.17) is 4.74 Å². The van der Waals surface area contributed by atoms with Gasteiger partial charge in [0.1, 0.15) is 5.82 Å². The number of nitrogens with one attached hydrogen (secondary N) is 1. The van der Waals surface area contributed by atoms with Gasteiger partial charge in [-0.25, -0.2) is 4.39 Å². The second-order valence-electron chi connectivity index (χ2n) is 6.00. The van der Waals surface area contributed by atoms with Crippen LogP contribution >= 0.6 is 0 Å². The summed E-state index contributed by atoms with van der Waals surface area (Å²) in [6, 6.07) is 7.84. The minimum atomic E-state index is -0.0807. The molecular formula is C17H26FNO. The maximum Gasteiger partial charge on any atom is 0.126 e. The molecule has 2 atom stereocenters. The topological polar surface area (TPSA) is 21.3 Å². The molecule has 20 heavy (non-hydrogen) atoms. The van der Waals surface area contributed by atoms with E-state index in [1.54, 1.807) is 19.2 Å². The van der Waals surface area contributed by atoms with Gasteiger partial charge >= 0.3 is 0 Å². The molecule has 1 aliphatic rings. The van der Waals surface area contributed by atoms with Crippen molar-refractivity contribution < 1.29 is 9.13 Å². The van der Waals surface area contributed by atoms with E-state index in [0.717, 1.165) is 31.6 Å². The number of hydrogen-bond donors (Lipinski definition) is 1. The van der Waals surface area contributed by atoms with Crippen LogP contribution in [-0.2, 0) is 11.2 Å². The number of benzene rings is 1. The predicted molar refractivity (Wildman–Crippen MR) is 80.3 cm³/mol. The van der Waals surface area contributed by atoms with E-state index in [1.165, 1.54) is 12.8 Å². The normalized spacial score (nSPS) is 17.9. The number of rotatable bonds is 9. The molecule has 1 fully saturated rings. The Balaban J connectivity index is 1.94. The van der Waals surface area contributed by atoms with Crippen molar-refractivity contribution in [1.29, 1.82) is 0 Å². The molecular weight excluding hydrogens is 253 g/mol. The first kappa shape index (κ1) is 15.5. The van der Waals surface area contributed by atoms with Gasteiger partial charge in [-0.05, 0) is 55.7 Å². The van der Waals surface area contributed by atoms with Gasteiger partial charge in [-0.15, -0.1) is 0 Å². The molecule has 1 saturated carbocycles. The summed E-state index contributed by atoms with van der Waals surface area (Å²) in [5.74, 6) is 0.909. The van der Waals surface area contributed by atoms with Crippen LogP contribution in [0.4, 0.5) is 4.39 Å². The zero-order valence-electron chi connectivity index (χ0n) is 12.6. The number of hydrogen-bond acceptors (Lipinski definition) is 2. The van der Waals surface area contributed by atoms with E-state index < -0.39 is 0 Å². The van der Waals surface area contributed by atoms with Gasteiger partial charge in [0.25, 0.3) is 0 Å². The monoisotopic (exact) mass is 279 g/mol. The summed E-state index contributed by atoms with van der Waals surface area (Å²) in [5, 5.41) is 3.59. The zero-order valence-corrected chi connectivity index (χ0v) is 12.6. The van der Waals surface area contributed by atoms with Crippen molar-refractivity contribution in [3.8, 4) is 0 Å². The third kappa shape index (κ3) is 4.88. The lowest BCUT2D eigenvalue weighted by Gasteiger charge is -2.25. The summed E-state index contributed by atoms with van der Waals surface area (Å²) < 4.78 is 19.0. The summed E-state index contributed by atoms with van der Waals surface area (Å²) in [7, 11) is 1.74. The summed E-state index contributed by atoms with van der Waals surface area (Å²) in [6.07, 6.45) is 4.41. The maximum atomic E-state index is 13.8. The molecule has 2 rings (SSSR count). The quantitative estimate of drug-likeness (QED) is 0.748. The standard InChI is InChI=1S/C17H26FNO/c1-13(9-10-20-2)15(12-19-16-7-8-16)11-14-5-3-4-6-17(14)18/h3-6,13,15-16,19H,7-12H2,1-2H3. The van der Waals surface area contributed by atoms with Crippen LogP contribution in [0.25, 0.3) is 0 Å². The molecule has 0 spiro atoms. The number of methoxy groups -OCH3 is 1. The lowest BCUT2D eigenvalue weighted by molar-refractivity contribution is 0.163. The van der Waals surface area contributed by atoms with Gasteiger partial charge in [-0.3, -0.25) is 0 Å². The van der Waals surface area contributed by atoms with E-state index in [2.05, 4.69) is 12.2 Å². The van der Waals surface area contributed by atoms with Crippen molar-refractivity contribution in [3.05, 3.63) is 35.6 Å². The molecule has 0 heterocycles. The smallest absolute Gasteiger partial charge is 0.126 e.